The van der Waals surface area contributed by atoms with Crippen molar-refractivity contribution in [2.75, 3.05) is 27.4 Å². The lowest BCUT2D eigenvalue weighted by Crippen LogP contribution is -2.40. The number of aliphatic imine (C=N–C) groups is 2. The average molecular weight is 364 g/mol. The van der Waals surface area contributed by atoms with Gasteiger partial charge in [-0.2, -0.15) is 0 Å². The van der Waals surface area contributed by atoms with E-state index < -0.39 is 0 Å². The van der Waals surface area contributed by atoms with Gasteiger partial charge in [-0.25, -0.2) is 9.98 Å². The molecule has 0 aliphatic carbocycles. The zero-order valence-corrected chi connectivity index (χ0v) is 16.2. The van der Waals surface area contributed by atoms with Gasteiger partial charge in [-0.1, -0.05) is 24.3 Å². The van der Waals surface area contributed by atoms with Gasteiger partial charge in [-0.3, -0.25) is 0 Å². The summed E-state index contributed by atoms with van der Waals surface area (Å²) in [7, 11) is 3.31. The van der Waals surface area contributed by atoms with Crippen molar-refractivity contribution in [2.45, 2.75) is 39.0 Å². The molecule has 0 aromatic heterocycles. The number of rotatable bonds is 10. The van der Waals surface area contributed by atoms with E-state index in [0.717, 1.165) is 11.1 Å². The number of nitrogens with one attached hydrogen (secondary N) is 2. The molecular formula is C18H32N6O2. The van der Waals surface area contributed by atoms with Crippen LogP contribution in [0.25, 0.3) is 0 Å². The predicted octanol–water partition coefficient (Wildman–Crippen LogP) is 0.565. The number of hydrogen-bond acceptors (Lipinski definition) is 4. The van der Waals surface area contributed by atoms with Gasteiger partial charge in [-0.15, -0.1) is 0 Å². The van der Waals surface area contributed by atoms with Crippen LogP contribution in [0, 0.1) is 0 Å². The molecule has 1 rings (SSSR count). The lowest BCUT2D eigenvalue weighted by Gasteiger charge is -2.13. The minimum Gasteiger partial charge on any atom is -0.383 e. The summed E-state index contributed by atoms with van der Waals surface area (Å²) in [5.41, 5.74) is 13.9. The molecule has 146 valence electrons. The molecule has 8 heteroatoms. The molecule has 26 heavy (non-hydrogen) atoms. The summed E-state index contributed by atoms with van der Waals surface area (Å²) in [4.78, 5) is 8.71. The number of nitrogens with zero attached hydrogens (tertiary/aromatic N) is 2. The summed E-state index contributed by atoms with van der Waals surface area (Å²) in [5.74, 6) is 0.803. The summed E-state index contributed by atoms with van der Waals surface area (Å²) in [5, 5.41) is 6.16. The van der Waals surface area contributed by atoms with E-state index in [1.807, 2.05) is 38.1 Å². The fourth-order valence-electron chi connectivity index (χ4n) is 2.36. The molecule has 0 aliphatic heterocycles. The third kappa shape index (κ3) is 9.24. The van der Waals surface area contributed by atoms with E-state index >= 15 is 0 Å². The van der Waals surface area contributed by atoms with Gasteiger partial charge in [0.05, 0.1) is 26.3 Å². The topological polar surface area (TPSA) is 119 Å². The fourth-order valence-corrected chi connectivity index (χ4v) is 2.36. The highest BCUT2D eigenvalue weighted by Crippen LogP contribution is 2.08. The minimum atomic E-state index is 0.111. The average Bonchev–Trinajstić information content (AvgIpc) is 2.59. The van der Waals surface area contributed by atoms with E-state index in [1.165, 1.54) is 0 Å². The molecule has 2 atom stereocenters. The van der Waals surface area contributed by atoms with Crippen molar-refractivity contribution < 1.29 is 9.47 Å². The first-order chi connectivity index (χ1) is 12.4. The maximum absolute atomic E-state index is 5.89. The largest absolute Gasteiger partial charge is 0.383 e. The van der Waals surface area contributed by atoms with Crippen LogP contribution in [0.1, 0.15) is 25.0 Å². The Labute approximate surface area is 156 Å². The highest BCUT2D eigenvalue weighted by atomic mass is 16.5. The molecule has 0 heterocycles. The third-order valence-corrected chi connectivity index (χ3v) is 3.48. The first-order valence-corrected chi connectivity index (χ1v) is 8.63. The first kappa shape index (κ1) is 21.7. The molecule has 2 unspecified atom stereocenters. The van der Waals surface area contributed by atoms with Crippen molar-refractivity contribution in [1.29, 1.82) is 0 Å². The molecule has 0 fully saturated rings. The van der Waals surface area contributed by atoms with E-state index in [4.69, 9.17) is 20.9 Å². The Morgan fingerprint density at radius 1 is 0.923 bits per heavy atom. The van der Waals surface area contributed by atoms with Gasteiger partial charge in [0, 0.05) is 26.3 Å². The van der Waals surface area contributed by atoms with Gasteiger partial charge in [0.15, 0.2) is 11.9 Å². The first-order valence-electron chi connectivity index (χ1n) is 8.63. The van der Waals surface area contributed by atoms with E-state index in [-0.39, 0.29) is 12.1 Å². The summed E-state index contributed by atoms with van der Waals surface area (Å²) in [6.45, 7) is 6.10. The van der Waals surface area contributed by atoms with Gasteiger partial charge in [0.25, 0.3) is 0 Å². The maximum atomic E-state index is 5.89. The third-order valence-electron chi connectivity index (χ3n) is 3.48. The molecule has 1 aromatic rings. The van der Waals surface area contributed by atoms with Crippen LogP contribution >= 0.6 is 0 Å². The van der Waals surface area contributed by atoms with Gasteiger partial charge in [0.2, 0.25) is 0 Å². The van der Waals surface area contributed by atoms with Crippen molar-refractivity contribution in [3.63, 3.8) is 0 Å². The second kappa shape index (κ2) is 12.1. The van der Waals surface area contributed by atoms with Gasteiger partial charge in [-0.05, 0) is 25.0 Å². The highest BCUT2D eigenvalue weighted by Gasteiger charge is 2.03. The second-order valence-electron chi connectivity index (χ2n) is 6.22. The Hall–Kier alpha value is -2.32. The Balaban J connectivity index is 2.57. The van der Waals surface area contributed by atoms with E-state index in [2.05, 4.69) is 20.6 Å². The zero-order valence-electron chi connectivity index (χ0n) is 16.2. The number of hydrogen-bond donors (Lipinski definition) is 4. The second-order valence-corrected chi connectivity index (χ2v) is 6.22. The lowest BCUT2D eigenvalue weighted by molar-refractivity contribution is 0.179. The van der Waals surface area contributed by atoms with Gasteiger partial charge in [0.1, 0.15) is 0 Å². The number of ether oxygens (including phenoxy) is 2. The Kier molecular flexibility index (Phi) is 10.1. The standard InChI is InChI=1S/C18H32N6O2/c1-13(11-25-3)23-17(19)21-9-15-6-5-7-16(8-15)10-22-18(20)24-14(2)12-26-4/h5-8,13-14H,9-12H2,1-4H3,(H3,19,21,23)(H3,20,22,24). The van der Waals surface area contributed by atoms with Crippen molar-refractivity contribution in [1.82, 2.24) is 10.6 Å². The number of methoxy groups -OCH3 is 2. The molecule has 6 N–H and O–H groups in total. The minimum absolute atomic E-state index is 0.111. The van der Waals surface area contributed by atoms with Crippen molar-refractivity contribution in [2.24, 2.45) is 21.5 Å². The summed E-state index contributed by atoms with van der Waals surface area (Å²) >= 11 is 0. The molecule has 0 saturated heterocycles. The van der Waals surface area contributed by atoms with Crippen LogP contribution in [0.5, 0.6) is 0 Å². The molecule has 0 saturated carbocycles. The molecule has 0 aliphatic rings. The van der Waals surface area contributed by atoms with E-state index in [1.54, 1.807) is 14.2 Å². The van der Waals surface area contributed by atoms with Crippen LogP contribution in [-0.2, 0) is 22.6 Å². The molecule has 0 radical (unpaired) electrons. The smallest absolute Gasteiger partial charge is 0.189 e. The number of benzene rings is 1. The molecule has 0 spiro atoms. The van der Waals surface area contributed by atoms with Crippen LogP contribution in [0.15, 0.2) is 34.3 Å². The van der Waals surface area contributed by atoms with Crippen LogP contribution in [0.2, 0.25) is 0 Å². The Morgan fingerprint density at radius 2 is 1.35 bits per heavy atom. The van der Waals surface area contributed by atoms with E-state index in [0.29, 0.717) is 38.2 Å². The monoisotopic (exact) mass is 364 g/mol. The SMILES string of the molecule is COCC(C)NC(N)=NCc1cccc(CN=C(N)NC(C)COC)c1. The molecule has 8 nitrogen and oxygen atoms in total. The highest BCUT2D eigenvalue weighted by molar-refractivity contribution is 5.78. The quantitative estimate of drug-likeness (QED) is 0.356. The molecule has 0 amide bonds. The normalized spacial score (nSPS) is 14.8. The Morgan fingerprint density at radius 3 is 1.73 bits per heavy atom. The lowest BCUT2D eigenvalue weighted by atomic mass is 10.1. The van der Waals surface area contributed by atoms with Crippen molar-refractivity contribution in [3.05, 3.63) is 35.4 Å². The van der Waals surface area contributed by atoms with Crippen LogP contribution < -0.4 is 22.1 Å². The maximum Gasteiger partial charge on any atom is 0.189 e. The van der Waals surface area contributed by atoms with Crippen LogP contribution in [0.4, 0.5) is 0 Å². The number of guanidine groups is 2. The Bertz CT molecular complexity index is 544. The molecule has 0 bridgehead atoms. The molecular weight excluding hydrogens is 332 g/mol. The number of nitrogens with two attached hydrogens (primary N) is 2. The van der Waals surface area contributed by atoms with E-state index in [9.17, 15) is 0 Å². The predicted molar refractivity (Wildman–Crippen MR) is 106 cm³/mol. The van der Waals surface area contributed by atoms with Crippen LogP contribution in [-0.4, -0.2) is 51.4 Å². The van der Waals surface area contributed by atoms with Crippen molar-refractivity contribution in [3.8, 4) is 0 Å². The van der Waals surface area contributed by atoms with Gasteiger partial charge >= 0.3 is 0 Å². The summed E-state index contributed by atoms with van der Waals surface area (Å²) < 4.78 is 10.1. The van der Waals surface area contributed by atoms with Crippen LogP contribution in [0.3, 0.4) is 0 Å². The van der Waals surface area contributed by atoms with Crippen molar-refractivity contribution >= 4 is 11.9 Å². The summed E-state index contributed by atoms with van der Waals surface area (Å²) in [6, 6.07) is 8.26. The fraction of sp³-hybridized carbons (Fsp3) is 0.556. The van der Waals surface area contributed by atoms with Gasteiger partial charge < -0.3 is 31.6 Å². The summed E-state index contributed by atoms with van der Waals surface area (Å²) in [6.07, 6.45) is 0. The molecule has 1 aromatic carbocycles. The zero-order chi connectivity index (χ0) is 19.4.